The van der Waals surface area contributed by atoms with Crippen LogP contribution >= 0.6 is 0 Å². The van der Waals surface area contributed by atoms with Gasteiger partial charge in [-0.15, -0.1) is 0 Å². The third-order valence-corrected chi connectivity index (χ3v) is 5.26. The molecule has 4 heterocycles. The predicted octanol–water partition coefficient (Wildman–Crippen LogP) is 0.353. The van der Waals surface area contributed by atoms with Crippen molar-refractivity contribution in [1.82, 2.24) is 34.0 Å². The first-order valence-corrected chi connectivity index (χ1v) is 8.84. The van der Waals surface area contributed by atoms with E-state index in [-0.39, 0.29) is 24.3 Å². The molecule has 0 aliphatic carbocycles. The average molecular weight is 378 g/mol. The number of anilines is 1. The van der Waals surface area contributed by atoms with Crippen molar-refractivity contribution in [3.8, 4) is 0 Å². The summed E-state index contributed by atoms with van der Waals surface area (Å²) in [6.07, 6.45) is 3.92. The SMILES string of the molecule is Cn1cnc2cc(C(=O)N3C[C@@H](O)[C@H](n4cnc5c(N)ncnc54)C3)ccc21. The van der Waals surface area contributed by atoms with Crippen LogP contribution in [-0.2, 0) is 7.05 Å². The van der Waals surface area contributed by atoms with Crippen LogP contribution in [0.3, 0.4) is 0 Å². The third-order valence-electron chi connectivity index (χ3n) is 5.26. The van der Waals surface area contributed by atoms with Crippen LogP contribution in [0.4, 0.5) is 5.82 Å². The van der Waals surface area contributed by atoms with Crippen molar-refractivity contribution in [1.29, 1.82) is 0 Å². The van der Waals surface area contributed by atoms with Crippen molar-refractivity contribution in [3.05, 3.63) is 42.7 Å². The normalized spacial score (nSPS) is 19.7. The van der Waals surface area contributed by atoms with Gasteiger partial charge in [0.05, 0.1) is 35.8 Å². The van der Waals surface area contributed by atoms with E-state index in [0.29, 0.717) is 23.3 Å². The first-order valence-electron chi connectivity index (χ1n) is 8.84. The summed E-state index contributed by atoms with van der Waals surface area (Å²) in [6, 6.07) is 5.08. The Kier molecular flexibility index (Phi) is 3.56. The van der Waals surface area contributed by atoms with E-state index in [0.717, 1.165) is 11.0 Å². The van der Waals surface area contributed by atoms with E-state index in [1.54, 1.807) is 34.3 Å². The number of nitrogens with zero attached hydrogens (tertiary/aromatic N) is 7. The Hall–Kier alpha value is -3.53. The second-order valence-electron chi connectivity index (χ2n) is 6.99. The molecule has 0 bridgehead atoms. The number of aryl methyl sites for hydroxylation is 1. The molecule has 1 amide bonds. The van der Waals surface area contributed by atoms with Crippen LogP contribution in [0.2, 0.25) is 0 Å². The van der Waals surface area contributed by atoms with Gasteiger partial charge in [-0.25, -0.2) is 19.9 Å². The van der Waals surface area contributed by atoms with Crippen molar-refractivity contribution in [2.75, 3.05) is 18.8 Å². The monoisotopic (exact) mass is 378 g/mol. The number of rotatable bonds is 2. The fourth-order valence-electron chi connectivity index (χ4n) is 3.77. The number of nitrogen functional groups attached to an aromatic ring is 1. The van der Waals surface area contributed by atoms with Gasteiger partial charge in [-0.2, -0.15) is 0 Å². The topological polar surface area (TPSA) is 128 Å². The second kappa shape index (κ2) is 5.99. The maximum atomic E-state index is 13.0. The van der Waals surface area contributed by atoms with E-state index in [2.05, 4.69) is 19.9 Å². The van der Waals surface area contributed by atoms with Crippen LogP contribution in [0.1, 0.15) is 16.4 Å². The number of aliphatic hydroxyl groups is 1. The average Bonchev–Trinajstić information content (AvgIpc) is 3.38. The number of nitrogens with two attached hydrogens (primary N) is 1. The van der Waals surface area contributed by atoms with Gasteiger partial charge in [0.25, 0.3) is 5.91 Å². The molecule has 1 aliphatic rings. The molecule has 142 valence electrons. The van der Waals surface area contributed by atoms with Crippen molar-refractivity contribution >= 4 is 33.9 Å². The van der Waals surface area contributed by atoms with Gasteiger partial charge < -0.3 is 24.9 Å². The lowest BCUT2D eigenvalue weighted by atomic mass is 10.1. The minimum atomic E-state index is -0.740. The first kappa shape index (κ1) is 16.6. The summed E-state index contributed by atoms with van der Waals surface area (Å²) in [5, 5.41) is 10.6. The Labute approximate surface area is 159 Å². The number of carbonyl (C=O) groups excluding carboxylic acids is 1. The summed E-state index contributed by atoms with van der Waals surface area (Å²) in [4.78, 5) is 31.3. The van der Waals surface area contributed by atoms with E-state index in [1.807, 2.05) is 17.7 Å². The van der Waals surface area contributed by atoms with Gasteiger partial charge in [0.2, 0.25) is 0 Å². The molecule has 0 radical (unpaired) electrons. The molecule has 4 aromatic rings. The lowest BCUT2D eigenvalue weighted by Gasteiger charge is -2.17. The van der Waals surface area contributed by atoms with Crippen molar-refractivity contribution in [3.63, 3.8) is 0 Å². The number of hydrogen-bond donors (Lipinski definition) is 2. The molecule has 1 aliphatic heterocycles. The molecule has 1 saturated heterocycles. The lowest BCUT2D eigenvalue weighted by Crippen LogP contribution is -2.29. The zero-order valence-electron chi connectivity index (χ0n) is 15.1. The zero-order valence-corrected chi connectivity index (χ0v) is 15.1. The summed E-state index contributed by atoms with van der Waals surface area (Å²) < 4.78 is 3.66. The first-order chi connectivity index (χ1) is 13.5. The molecule has 0 unspecified atom stereocenters. The molecule has 28 heavy (non-hydrogen) atoms. The van der Waals surface area contributed by atoms with Gasteiger partial charge in [-0.1, -0.05) is 0 Å². The molecule has 10 heteroatoms. The Balaban J connectivity index is 1.44. The zero-order chi connectivity index (χ0) is 19.4. The van der Waals surface area contributed by atoms with Gasteiger partial charge in [0.15, 0.2) is 11.5 Å². The molecular weight excluding hydrogens is 360 g/mol. The summed E-state index contributed by atoms with van der Waals surface area (Å²) in [5.74, 6) is 0.139. The maximum Gasteiger partial charge on any atom is 0.254 e. The Morgan fingerprint density at radius 3 is 2.89 bits per heavy atom. The van der Waals surface area contributed by atoms with Crippen LogP contribution in [0.25, 0.3) is 22.2 Å². The Morgan fingerprint density at radius 2 is 2.04 bits per heavy atom. The predicted molar refractivity (Wildman–Crippen MR) is 101 cm³/mol. The van der Waals surface area contributed by atoms with Gasteiger partial charge in [0, 0.05) is 25.7 Å². The minimum absolute atomic E-state index is 0.146. The van der Waals surface area contributed by atoms with Gasteiger partial charge in [-0.3, -0.25) is 4.79 Å². The van der Waals surface area contributed by atoms with Gasteiger partial charge in [0.1, 0.15) is 11.8 Å². The van der Waals surface area contributed by atoms with Crippen LogP contribution < -0.4 is 5.73 Å². The number of β-amino-alcohol motifs (C(OH)–C–C–N with tert-alkyl or cyclic N) is 1. The van der Waals surface area contributed by atoms with E-state index >= 15 is 0 Å². The quantitative estimate of drug-likeness (QED) is 0.515. The molecule has 1 fully saturated rings. The number of amides is 1. The molecular formula is C18H18N8O2. The number of hydrogen-bond acceptors (Lipinski definition) is 7. The molecule has 0 spiro atoms. The molecule has 2 atom stereocenters. The summed E-state index contributed by atoms with van der Waals surface area (Å²) in [7, 11) is 1.91. The van der Waals surface area contributed by atoms with Crippen molar-refractivity contribution in [2.45, 2.75) is 12.1 Å². The van der Waals surface area contributed by atoms with E-state index in [4.69, 9.17) is 5.73 Å². The minimum Gasteiger partial charge on any atom is -0.389 e. The fourth-order valence-corrected chi connectivity index (χ4v) is 3.77. The maximum absolute atomic E-state index is 13.0. The molecule has 5 rings (SSSR count). The summed E-state index contributed by atoms with van der Waals surface area (Å²) >= 11 is 0. The van der Waals surface area contributed by atoms with Crippen molar-refractivity contribution in [2.24, 2.45) is 7.05 Å². The van der Waals surface area contributed by atoms with E-state index < -0.39 is 6.10 Å². The summed E-state index contributed by atoms with van der Waals surface area (Å²) in [5.41, 5.74) is 9.13. The molecule has 1 aromatic carbocycles. The third kappa shape index (κ3) is 2.42. The van der Waals surface area contributed by atoms with Crippen LogP contribution in [0.15, 0.2) is 37.2 Å². The number of fused-ring (bicyclic) bond motifs is 2. The van der Waals surface area contributed by atoms with E-state index in [1.165, 1.54) is 6.33 Å². The standard InChI is InChI=1S/C18H18N8O2/c1-24-8-22-11-4-10(2-3-12(11)24)18(28)25-5-13(14(27)6-25)26-9-23-15-16(19)20-7-21-17(15)26/h2-4,7-9,13-14,27H,5-6H2,1H3,(H2,19,20,21)/t13-,14-/m1/s1. The smallest absolute Gasteiger partial charge is 0.254 e. The number of likely N-dealkylation sites (tertiary alicyclic amines) is 1. The molecule has 3 N–H and O–H groups in total. The highest BCUT2D eigenvalue weighted by atomic mass is 16.3. The van der Waals surface area contributed by atoms with Crippen LogP contribution in [0.5, 0.6) is 0 Å². The highest BCUT2D eigenvalue weighted by molar-refractivity contribution is 5.97. The number of imidazole rings is 2. The second-order valence-corrected chi connectivity index (χ2v) is 6.99. The Bertz CT molecular complexity index is 1210. The largest absolute Gasteiger partial charge is 0.389 e. The molecule has 0 saturated carbocycles. The number of benzene rings is 1. The van der Waals surface area contributed by atoms with Crippen molar-refractivity contribution < 1.29 is 9.90 Å². The number of carbonyl (C=O) groups is 1. The summed E-state index contributed by atoms with van der Waals surface area (Å²) in [6.45, 7) is 0.569. The Morgan fingerprint density at radius 1 is 1.18 bits per heavy atom. The molecule has 10 nitrogen and oxygen atoms in total. The van der Waals surface area contributed by atoms with Gasteiger partial charge in [-0.05, 0) is 18.2 Å². The van der Waals surface area contributed by atoms with Gasteiger partial charge >= 0.3 is 0 Å². The number of aliphatic hydroxyl groups excluding tert-OH is 1. The lowest BCUT2D eigenvalue weighted by molar-refractivity contribution is 0.0765. The molecule has 3 aromatic heterocycles. The fraction of sp³-hybridized carbons (Fsp3) is 0.278. The highest BCUT2D eigenvalue weighted by Gasteiger charge is 2.36. The van der Waals surface area contributed by atoms with Crippen LogP contribution in [0, 0.1) is 0 Å². The van der Waals surface area contributed by atoms with Crippen LogP contribution in [-0.4, -0.2) is 64.2 Å². The van der Waals surface area contributed by atoms with E-state index in [9.17, 15) is 9.90 Å². The number of aromatic nitrogens is 6. The highest BCUT2D eigenvalue weighted by Crippen LogP contribution is 2.28.